The largest absolute Gasteiger partial charge is 0.493 e. The van der Waals surface area contributed by atoms with Crippen molar-refractivity contribution in [1.82, 2.24) is 0 Å². The molecule has 1 rings (SSSR count). The van der Waals surface area contributed by atoms with Gasteiger partial charge in [0.2, 0.25) is 0 Å². The number of rotatable bonds is 11. The van der Waals surface area contributed by atoms with Gasteiger partial charge in [0, 0.05) is 6.07 Å². The second-order valence-corrected chi connectivity index (χ2v) is 6.17. The lowest BCUT2D eigenvalue weighted by atomic mass is 10.1. The van der Waals surface area contributed by atoms with Crippen LogP contribution in [0.25, 0.3) is 0 Å². The van der Waals surface area contributed by atoms with Crippen molar-refractivity contribution in [2.24, 2.45) is 5.14 Å². The lowest BCUT2D eigenvalue weighted by Gasteiger charge is -2.08. The summed E-state index contributed by atoms with van der Waals surface area (Å²) in [5, 5.41) is 4.82. The van der Waals surface area contributed by atoms with Crippen molar-refractivity contribution in [3.63, 3.8) is 0 Å². The molecule has 2 N–H and O–H groups in total. The maximum absolute atomic E-state index is 10.8. The quantitative estimate of drug-likeness (QED) is 0.635. The third-order valence-electron chi connectivity index (χ3n) is 3.03. The van der Waals surface area contributed by atoms with Crippen LogP contribution >= 0.6 is 0 Å². The third kappa shape index (κ3) is 9.31. The van der Waals surface area contributed by atoms with E-state index in [2.05, 4.69) is 11.1 Å². The van der Waals surface area contributed by atoms with E-state index in [0.29, 0.717) is 12.4 Å². The smallest absolute Gasteiger partial charge is 0.380 e. The monoisotopic (exact) mass is 315 g/mol. The molecule has 0 amide bonds. The Morgan fingerprint density at radius 1 is 1.00 bits per heavy atom. The molecule has 6 heteroatoms. The predicted octanol–water partition coefficient (Wildman–Crippen LogP) is 3.40. The van der Waals surface area contributed by atoms with Crippen molar-refractivity contribution in [2.75, 3.05) is 6.61 Å². The Balaban J connectivity index is 2.22. The Morgan fingerprint density at radius 2 is 1.62 bits per heavy atom. The van der Waals surface area contributed by atoms with Gasteiger partial charge in [0.1, 0.15) is 11.5 Å². The molecule has 0 heterocycles. The Kier molecular flexibility index (Phi) is 8.15. The van der Waals surface area contributed by atoms with Crippen LogP contribution in [0.15, 0.2) is 24.3 Å². The van der Waals surface area contributed by atoms with Crippen molar-refractivity contribution in [3.05, 3.63) is 24.3 Å². The van der Waals surface area contributed by atoms with Gasteiger partial charge in [0.25, 0.3) is 0 Å². The summed E-state index contributed by atoms with van der Waals surface area (Å²) in [7, 11) is -3.99. The maximum Gasteiger partial charge on any atom is 0.380 e. The number of hydrogen-bond donors (Lipinski definition) is 1. The molecule has 0 aliphatic heterocycles. The Hall–Kier alpha value is -1.27. The van der Waals surface area contributed by atoms with Crippen LogP contribution in [0.5, 0.6) is 11.5 Å². The molecule has 21 heavy (non-hydrogen) atoms. The van der Waals surface area contributed by atoms with E-state index in [9.17, 15) is 8.42 Å². The third-order valence-corrected chi connectivity index (χ3v) is 3.46. The van der Waals surface area contributed by atoms with E-state index in [4.69, 9.17) is 9.88 Å². The summed E-state index contributed by atoms with van der Waals surface area (Å²) in [6.45, 7) is 2.83. The molecule has 0 aliphatic rings. The average molecular weight is 315 g/mol. The summed E-state index contributed by atoms with van der Waals surface area (Å²) in [5.74, 6) is 0.747. The van der Waals surface area contributed by atoms with Gasteiger partial charge in [-0.3, -0.25) is 0 Å². The first-order valence-electron chi connectivity index (χ1n) is 7.46. The lowest BCUT2D eigenvalue weighted by Crippen LogP contribution is -2.18. The molecule has 0 radical (unpaired) electrons. The Labute approximate surface area is 127 Å². The van der Waals surface area contributed by atoms with Gasteiger partial charge in [-0.1, -0.05) is 51.5 Å². The van der Waals surface area contributed by atoms with Crippen LogP contribution in [-0.2, 0) is 10.3 Å². The van der Waals surface area contributed by atoms with Gasteiger partial charge >= 0.3 is 10.3 Å². The predicted molar refractivity (Wildman–Crippen MR) is 83.7 cm³/mol. The fourth-order valence-corrected chi connectivity index (χ4v) is 2.37. The molecule has 1 aromatic rings. The van der Waals surface area contributed by atoms with Crippen molar-refractivity contribution in [2.45, 2.75) is 51.9 Å². The van der Waals surface area contributed by atoms with Gasteiger partial charge in [-0.15, -0.1) is 0 Å². The van der Waals surface area contributed by atoms with Crippen LogP contribution in [0.3, 0.4) is 0 Å². The van der Waals surface area contributed by atoms with E-state index < -0.39 is 10.3 Å². The highest BCUT2D eigenvalue weighted by atomic mass is 32.2. The van der Waals surface area contributed by atoms with Crippen molar-refractivity contribution < 1.29 is 17.3 Å². The molecular formula is C15H25NO4S. The zero-order valence-corrected chi connectivity index (χ0v) is 13.4. The summed E-state index contributed by atoms with van der Waals surface area (Å²) < 4.78 is 31.8. The molecule has 0 aliphatic carbocycles. The zero-order valence-electron chi connectivity index (χ0n) is 12.6. The summed E-state index contributed by atoms with van der Waals surface area (Å²) in [5.41, 5.74) is 0. The van der Waals surface area contributed by atoms with Crippen LogP contribution in [0, 0.1) is 0 Å². The first-order chi connectivity index (χ1) is 10.0. The average Bonchev–Trinajstić information content (AvgIpc) is 2.40. The van der Waals surface area contributed by atoms with E-state index >= 15 is 0 Å². The van der Waals surface area contributed by atoms with Crippen molar-refractivity contribution in [1.29, 1.82) is 0 Å². The molecule has 120 valence electrons. The molecule has 0 saturated heterocycles. The molecule has 1 aromatic carbocycles. The van der Waals surface area contributed by atoms with E-state index in [1.165, 1.54) is 44.2 Å². The van der Waals surface area contributed by atoms with E-state index in [1.807, 2.05) is 0 Å². The van der Waals surface area contributed by atoms with Crippen LogP contribution in [0.1, 0.15) is 51.9 Å². The van der Waals surface area contributed by atoms with Crippen molar-refractivity contribution >= 4 is 10.3 Å². The number of nitrogens with two attached hydrogens (primary N) is 1. The minimum atomic E-state index is -3.99. The minimum absolute atomic E-state index is 0.162. The van der Waals surface area contributed by atoms with Gasteiger partial charge in [0.15, 0.2) is 0 Å². The topological polar surface area (TPSA) is 78.6 Å². The highest BCUT2D eigenvalue weighted by Gasteiger charge is 2.05. The van der Waals surface area contributed by atoms with E-state index in [-0.39, 0.29) is 5.75 Å². The second kappa shape index (κ2) is 9.63. The molecule has 0 fully saturated rings. The molecule has 0 aromatic heterocycles. The fraction of sp³-hybridized carbons (Fsp3) is 0.600. The van der Waals surface area contributed by atoms with Crippen LogP contribution in [0.4, 0.5) is 0 Å². The van der Waals surface area contributed by atoms with Crippen LogP contribution < -0.4 is 14.1 Å². The number of benzene rings is 1. The maximum atomic E-state index is 10.8. The Morgan fingerprint density at radius 3 is 2.29 bits per heavy atom. The van der Waals surface area contributed by atoms with Crippen molar-refractivity contribution in [3.8, 4) is 11.5 Å². The lowest BCUT2D eigenvalue weighted by molar-refractivity contribution is 0.303. The number of ether oxygens (including phenoxy) is 1. The summed E-state index contributed by atoms with van der Waals surface area (Å²) >= 11 is 0. The molecule has 0 bridgehead atoms. The van der Waals surface area contributed by atoms with E-state index in [1.54, 1.807) is 12.1 Å². The summed E-state index contributed by atoms with van der Waals surface area (Å²) in [6.07, 6.45) is 8.55. The molecule has 0 saturated carbocycles. The molecule has 0 unspecified atom stereocenters. The standard InChI is InChI=1S/C15H25NO4S/c1-2-3-4-5-6-7-8-12-19-14-10-9-11-15(13-14)20-21(16,17)18/h9-11,13H,2-8,12H2,1H3,(H2,16,17,18). The molecule has 5 nitrogen and oxygen atoms in total. The highest BCUT2D eigenvalue weighted by molar-refractivity contribution is 7.84. The van der Waals surface area contributed by atoms with Gasteiger partial charge in [0.05, 0.1) is 6.61 Å². The SMILES string of the molecule is CCCCCCCCCOc1cccc(OS(N)(=O)=O)c1. The summed E-state index contributed by atoms with van der Waals surface area (Å²) in [4.78, 5) is 0. The normalized spacial score (nSPS) is 11.3. The molecule has 0 spiro atoms. The van der Waals surface area contributed by atoms with Gasteiger partial charge in [-0.25, -0.2) is 0 Å². The minimum Gasteiger partial charge on any atom is -0.493 e. The van der Waals surface area contributed by atoms with Gasteiger partial charge in [-0.05, 0) is 18.6 Å². The second-order valence-electron chi connectivity index (χ2n) is 5.02. The zero-order chi connectivity index (χ0) is 15.6. The Bertz CT molecular complexity index is 502. The highest BCUT2D eigenvalue weighted by Crippen LogP contribution is 2.20. The molecular weight excluding hydrogens is 290 g/mol. The van der Waals surface area contributed by atoms with Crippen LogP contribution in [0.2, 0.25) is 0 Å². The summed E-state index contributed by atoms with van der Waals surface area (Å²) in [6, 6.07) is 6.47. The molecule has 0 atom stereocenters. The fourth-order valence-electron chi connectivity index (χ4n) is 2.00. The number of hydrogen-bond acceptors (Lipinski definition) is 4. The first-order valence-corrected chi connectivity index (χ1v) is 8.93. The number of unbranched alkanes of at least 4 members (excludes halogenated alkanes) is 6. The van der Waals surface area contributed by atoms with Gasteiger partial charge < -0.3 is 8.92 Å². The van der Waals surface area contributed by atoms with Gasteiger partial charge in [-0.2, -0.15) is 13.6 Å². The van der Waals surface area contributed by atoms with E-state index in [0.717, 1.165) is 12.8 Å². The van der Waals surface area contributed by atoms with Crippen LogP contribution in [-0.4, -0.2) is 15.0 Å². The first kappa shape index (κ1) is 17.8.